The summed E-state index contributed by atoms with van der Waals surface area (Å²) < 4.78 is 19.2. The number of halogens is 8. The molecule has 0 spiro atoms. The molecule has 4 aliphatic heterocycles. The fourth-order valence-corrected chi connectivity index (χ4v) is 22.9. The number of nitrogens with zero attached hydrogens (tertiary/aromatic N) is 13. The first-order valence-corrected chi connectivity index (χ1v) is 53.9. The summed E-state index contributed by atoms with van der Waals surface area (Å²) in [6.07, 6.45) is 53.1. The Morgan fingerprint density at radius 3 is 1.04 bits per heavy atom. The zero-order valence-electron chi connectivity index (χ0n) is 82.4. The van der Waals surface area contributed by atoms with Crippen LogP contribution in [-0.4, -0.2) is 156 Å². The van der Waals surface area contributed by atoms with E-state index in [1.165, 1.54) is 104 Å². The summed E-state index contributed by atoms with van der Waals surface area (Å²) in [5.41, 5.74) is 26.9. The normalized spacial score (nSPS) is 17.6. The van der Waals surface area contributed by atoms with E-state index in [4.69, 9.17) is 108 Å². The van der Waals surface area contributed by atoms with Gasteiger partial charge in [0, 0.05) is 222 Å². The van der Waals surface area contributed by atoms with E-state index in [0.29, 0.717) is 69.1 Å². The lowest BCUT2D eigenvalue weighted by Gasteiger charge is -2.32. The molecule has 758 valence electrons. The van der Waals surface area contributed by atoms with Crippen LogP contribution in [0.2, 0.25) is 40.2 Å². The number of amides is 2. The van der Waals surface area contributed by atoms with Crippen LogP contribution in [0.4, 0.5) is 4.79 Å². The average Bonchev–Trinajstić information content (AvgIpc) is 1.68. The molecule has 16 heterocycles. The molecule has 4 saturated heterocycles. The number of aliphatic hydroxyl groups excluding tert-OH is 1. The summed E-state index contributed by atoms with van der Waals surface area (Å²) >= 11 is 48.7. The van der Waals surface area contributed by atoms with Crippen molar-refractivity contribution < 1.29 is 19.4 Å². The van der Waals surface area contributed by atoms with E-state index in [9.17, 15) is 9.59 Å². The number of nitrogens with one attached hydrogen (secondary N) is 4. The smallest absolute Gasteiger partial charge is 0.407 e. The summed E-state index contributed by atoms with van der Waals surface area (Å²) in [5.74, 6) is 1.47. The van der Waals surface area contributed by atoms with Gasteiger partial charge in [-0.3, -0.25) is 34.7 Å². The number of aliphatic hydroxyl groups is 1. The lowest BCUT2D eigenvalue weighted by Crippen LogP contribution is -2.40. The Kier molecular flexibility index (Phi) is 33.8. The number of pyridine rings is 6. The molecule has 0 unspecified atom stereocenters. The molecule has 30 heteroatoms. The molecular weight excluding hydrogens is 2010 g/mol. The summed E-state index contributed by atoms with van der Waals surface area (Å²) in [6.45, 7) is 13.0. The minimum atomic E-state index is -0.473. The highest BCUT2D eigenvalue weighted by Gasteiger charge is 2.32. The maximum atomic E-state index is 12.1. The van der Waals surface area contributed by atoms with Crippen LogP contribution in [0.15, 0.2) is 281 Å². The molecule has 2 saturated carbocycles. The lowest BCUT2D eigenvalue weighted by molar-refractivity contribution is -0.135. The van der Waals surface area contributed by atoms with Crippen molar-refractivity contribution in [3.05, 3.63) is 338 Å². The fraction of sp³-hybridized carbons (Fsp3) is 0.316. The molecule has 0 atom stereocenters. The largest absolute Gasteiger partial charge is 0.444 e. The quantitative estimate of drug-likeness (QED) is 0.0593. The van der Waals surface area contributed by atoms with Crippen LogP contribution in [-0.2, 0) is 9.53 Å². The second-order valence-corrected chi connectivity index (χ2v) is 43.2. The molecule has 0 bridgehead atoms. The summed E-state index contributed by atoms with van der Waals surface area (Å²) in [6, 6.07) is 57.8. The number of nitrogens with two attached hydrogens (primary N) is 1. The van der Waals surface area contributed by atoms with Gasteiger partial charge in [0.1, 0.15) is 12.2 Å². The number of likely N-dealkylation sites (tertiary alicyclic amines) is 1. The first kappa shape index (κ1) is 104. The van der Waals surface area contributed by atoms with E-state index in [1.54, 1.807) is 17.2 Å². The molecule has 2 aliphatic carbocycles. The van der Waals surface area contributed by atoms with Crippen molar-refractivity contribution in [1.82, 2.24) is 83.5 Å². The molecule has 18 aromatic rings. The van der Waals surface area contributed by atoms with Crippen LogP contribution in [0.5, 0.6) is 0 Å². The van der Waals surface area contributed by atoms with Gasteiger partial charge < -0.3 is 69.1 Å². The zero-order valence-corrected chi connectivity index (χ0v) is 88.5. The molecule has 0 radical (unpaired) electrons. The number of hydrogen-bond donors (Lipinski definition) is 6. The van der Waals surface area contributed by atoms with Crippen LogP contribution in [0, 0.1) is 0 Å². The van der Waals surface area contributed by atoms with Crippen LogP contribution >= 0.6 is 92.8 Å². The first-order valence-electron chi connectivity index (χ1n) is 50.9. The third kappa shape index (κ3) is 24.6. The molecule has 24 rings (SSSR count). The van der Waals surface area contributed by atoms with Crippen molar-refractivity contribution in [3.8, 4) is 50.4 Å². The van der Waals surface area contributed by atoms with Gasteiger partial charge in [0.2, 0.25) is 5.91 Å². The Morgan fingerprint density at radius 2 is 0.680 bits per heavy atom. The monoisotopic (exact) mass is 2120 g/mol. The maximum Gasteiger partial charge on any atom is 0.407 e. The predicted octanol–water partition coefficient (Wildman–Crippen LogP) is 28.4. The second kappa shape index (κ2) is 47.9. The third-order valence-corrected chi connectivity index (χ3v) is 31.9. The summed E-state index contributed by atoms with van der Waals surface area (Å²) in [4.78, 5) is 51.4. The number of carbonyl (C=O) groups excluding carboxylic acids is 2. The zero-order chi connectivity index (χ0) is 102. The molecule has 22 nitrogen and oxygen atoms in total. The number of aromatic nitrogens is 12. The van der Waals surface area contributed by atoms with Gasteiger partial charge >= 0.3 is 6.09 Å². The molecular formula is C117H120Cl8N18O4. The van der Waals surface area contributed by atoms with Gasteiger partial charge in [0.15, 0.2) is 0 Å². The van der Waals surface area contributed by atoms with Gasteiger partial charge in [-0.1, -0.05) is 117 Å². The Bertz CT molecular complexity index is 7430. The molecule has 2 amide bonds. The molecule has 147 heavy (non-hydrogen) atoms. The van der Waals surface area contributed by atoms with E-state index in [0.717, 1.165) is 190 Å². The van der Waals surface area contributed by atoms with Crippen molar-refractivity contribution in [3.63, 3.8) is 0 Å². The SMILES string of the molecule is CC(C)(C)OC(=O)NC1CCC(c2cn(-c3ccc(Cl)cc3)c3cnccc23)CC1.Clc1ccc(-c2cn(C3CCNCC3)c3ccncc23)cc1.Clc1ccc(-c2cn(C3CCNCC3)c3ccncc23)cc1Cl.Clc1ccc(-n2cc(C3CCNCC3)c3ccncc32)cc1.NC1CCC(c2cn(-c3ccc(Cl)cc3)c3cnccc23)CC1.O=C(CO)N1CCC(n2cc(-c3ccc(Cl)c(Cl)c3)c3cnccc32)CC1. The van der Waals surface area contributed by atoms with Gasteiger partial charge in [-0.2, -0.15) is 0 Å². The van der Waals surface area contributed by atoms with E-state index in [2.05, 4.69) is 182 Å². The highest BCUT2D eigenvalue weighted by atomic mass is 35.5. The number of piperidine rings is 4. The molecule has 6 aliphatic rings. The van der Waals surface area contributed by atoms with E-state index in [-0.39, 0.29) is 24.1 Å². The number of benzene rings is 6. The minimum absolute atomic E-state index is 0.169. The van der Waals surface area contributed by atoms with Crippen LogP contribution < -0.4 is 27.0 Å². The molecule has 6 fully saturated rings. The number of hydrogen-bond acceptors (Lipinski definition) is 14. The Hall–Kier alpha value is -11.7. The van der Waals surface area contributed by atoms with Crippen molar-refractivity contribution in [2.75, 3.05) is 59.0 Å². The van der Waals surface area contributed by atoms with Gasteiger partial charge in [-0.15, -0.1) is 0 Å². The van der Waals surface area contributed by atoms with E-state index >= 15 is 0 Å². The summed E-state index contributed by atoms with van der Waals surface area (Å²) in [7, 11) is 0. The van der Waals surface area contributed by atoms with Crippen molar-refractivity contribution in [2.24, 2.45) is 5.73 Å². The Labute approximate surface area is 896 Å². The third-order valence-electron chi connectivity index (χ3n) is 29.4. The number of rotatable bonds is 14. The lowest BCUT2D eigenvalue weighted by atomic mass is 9.82. The highest BCUT2D eigenvalue weighted by Crippen LogP contribution is 2.46. The topological polar surface area (TPSA) is 248 Å². The highest BCUT2D eigenvalue weighted by molar-refractivity contribution is 6.43. The van der Waals surface area contributed by atoms with E-state index in [1.807, 2.05) is 186 Å². The van der Waals surface area contributed by atoms with Gasteiger partial charge in [-0.05, 0) is 360 Å². The van der Waals surface area contributed by atoms with Gasteiger partial charge in [0.25, 0.3) is 0 Å². The Morgan fingerprint density at radius 1 is 0.361 bits per heavy atom. The second-order valence-electron chi connectivity index (χ2n) is 39.8. The standard InChI is InChI=1S/C24H28ClN3O2.C20H19Cl2N3O2.C19H20ClN3.C18H17Cl2N3.2C18H18ClN3/c1-24(2,3)30-23(29)27-18-8-4-16(5-9-18)21-15-28(19-10-6-17(25)7-11-19)22-14-26-13-12-20(21)22;21-17-2-1-13(9-18(17)22)16-11-25(19-3-6-23-10-15(16)19)14-4-7-24(8-5-14)20(27)12-26;20-14-3-7-16(8-4-14)23-12-18(13-1-5-15(21)6-2-13)17-9-10-22-11-19(17)23;19-16-2-1-12(9-17(16)20)15-11-23(13-3-6-21-7-4-13)18-5-8-22-10-14(15)18;19-14-1-3-15(4-2-14)22-12-17(13-5-8-20-9-6-13)16-7-10-21-11-18(16)22;19-14-3-1-13(2-4-14)17-12-22(15-5-8-20-9-6-15)18-7-10-21-11-16(17)18/h6-7,10-16,18H,4-5,8-9H2,1-3H3,(H,27,29);1-3,6,9-11,14,26H,4-5,7-8,12H2;3-4,7-13,15H,1-2,5-6,21H2;1-2,5,8-11,13,21H,3-4,6-7H2;1-4,7,10-13,20H,5-6,8-9H2;1-4,7,10-12,15,20H,5-6,8-9H2. The fourth-order valence-electron chi connectivity index (χ4n) is 21.8. The number of carbonyl (C=O) groups is 2. The minimum Gasteiger partial charge on any atom is -0.444 e. The molecule has 12 aromatic heterocycles. The van der Waals surface area contributed by atoms with E-state index < -0.39 is 12.2 Å². The van der Waals surface area contributed by atoms with Crippen molar-refractivity contribution >= 4 is 170 Å². The van der Waals surface area contributed by atoms with Crippen molar-refractivity contribution in [2.45, 2.75) is 177 Å². The number of alkyl carbamates (subject to hydrolysis) is 1. The summed E-state index contributed by atoms with van der Waals surface area (Å²) in [5, 5.41) is 34.9. The van der Waals surface area contributed by atoms with Gasteiger partial charge in [0.05, 0.1) is 71.8 Å². The Balaban J connectivity index is 0.000000111. The maximum absolute atomic E-state index is 12.1. The molecule has 7 N–H and O–H groups in total. The van der Waals surface area contributed by atoms with Crippen LogP contribution in [0.1, 0.15) is 176 Å². The number of ether oxygens (including phenoxy) is 1. The van der Waals surface area contributed by atoms with Crippen LogP contribution in [0.25, 0.3) is 116 Å². The van der Waals surface area contributed by atoms with Gasteiger partial charge in [-0.25, -0.2) is 4.79 Å². The van der Waals surface area contributed by atoms with Crippen molar-refractivity contribution in [1.29, 1.82) is 0 Å². The average molecular weight is 2130 g/mol. The van der Waals surface area contributed by atoms with Crippen LogP contribution in [0.3, 0.4) is 0 Å². The number of fused-ring (bicyclic) bond motifs is 6. The predicted molar refractivity (Wildman–Crippen MR) is 601 cm³/mol. The first-order chi connectivity index (χ1) is 71.5. The molecule has 6 aromatic carbocycles.